The number of ether oxygens (including phenoxy) is 3. The summed E-state index contributed by atoms with van der Waals surface area (Å²) in [7, 11) is -3.19. The molecule has 2 unspecified atom stereocenters. The molecule has 12 heteroatoms. The highest BCUT2D eigenvalue weighted by Gasteiger charge is 2.63. The van der Waals surface area contributed by atoms with Gasteiger partial charge in [-0.1, -0.05) is 0 Å². The zero-order valence-electron chi connectivity index (χ0n) is 19.8. The maximum atomic E-state index is 13.7. The lowest BCUT2D eigenvalue weighted by molar-refractivity contribution is -0.154. The number of carbonyl (C=O) groups is 3. The summed E-state index contributed by atoms with van der Waals surface area (Å²) in [6, 6.07) is 0. The Morgan fingerprint density at radius 3 is 1.90 bits per heavy atom. The minimum Gasteiger partial charge on any atom is -0.468 e. The van der Waals surface area contributed by atoms with Crippen LogP contribution in [-0.2, 0) is 37.4 Å². The first kappa shape index (κ1) is 29.0. The van der Waals surface area contributed by atoms with Crippen LogP contribution in [0.4, 0.5) is 4.79 Å². The lowest BCUT2D eigenvalue weighted by Gasteiger charge is -2.37. The van der Waals surface area contributed by atoms with Crippen LogP contribution in [0.1, 0.15) is 55.4 Å². The number of nitrogens with zero attached hydrogens (tertiary/aromatic N) is 1. The van der Waals surface area contributed by atoms with Gasteiger partial charge in [-0.2, -0.15) is 5.10 Å². The molecule has 0 aromatic heterocycles. The molecule has 2 atom stereocenters. The molecule has 1 N–H and O–H groups in total. The first-order valence-electron chi connectivity index (χ1n) is 9.91. The van der Waals surface area contributed by atoms with E-state index in [-0.39, 0.29) is 25.5 Å². The van der Waals surface area contributed by atoms with Gasteiger partial charge in [-0.15, -0.1) is 0 Å². The zero-order chi connectivity index (χ0) is 24.5. The van der Waals surface area contributed by atoms with E-state index in [4.69, 9.17) is 23.3 Å². The van der Waals surface area contributed by atoms with E-state index in [0.717, 1.165) is 7.11 Å². The van der Waals surface area contributed by atoms with Gasteiger partial charge in [0.05, 0.1) is 32.6 Å². The molecule has 0 spiro atoms. The molecule has 0 rings (SSSR count). The molecule has 0 aromatic carbocycles. The van der Waals surface area contributed by atoms with E-state index in [1.807, 2.05) is 0 Å². The van der Waals surface area contributed by atoms with Crippen molar-refractivity contribution in [3.8, 4) is 0 Å². The van der Waals surface area contributed by atoms with Crippen molar-refractivity contribution in [3.63, 3.8) is 0 Å². The standard InChI is InChI=1S/C19H35N2O9P/c1-10-27-16(23)19(8,31(25,28-11-2)29-12-3)14(15(22)26-9)13(4)20-21-17(24)30-18(5,6)7/h14H,10-12H2,1-9H3,(H,21,24)/b20-13+. The van der Waals surface area contributed by atoms with E-state index in [0.29, 0.717) is 0 Å². The summed E-state index contributed by atoms with van der Waals surface area (Å²) in [6.45, 7) is 12.1. The Hall–Kier alpha value is -1.97. The molecule has 0 aromatic rings. The van der Waals surface area contributed by atoms with Crippen molar-refractivity contribution in [3.05, 3.63) is 0 Å². The van der Waals surface area contributed by atoms with Gasteiger partial charge in [-0.05, 0) is 55.4 Å². The molecule has 0 bridgehead atoms. The lowest BCUT2D eigenvalue weighted by atomic mass is 9.89. The number of nitrogens with one attached hydrogen (secondary N) is 1. The molecule has 0 saturated heterocycles. The lowest BCUT2D eigenvalue weighted by Crippen LogP contribution is -2.52. The topological polar surface area (TPSA) is 139 Å². The highest BCUT2D eigenvalue weighted by molar-refractivity contribution is 7.57. The highest BCUT2D eigenvalue weighted by Crippen LogP contribution is 2.63. The van der Waals surface area contributed by atoms with Crippen LogP contribution in [-0.4, -0.2) is 61.4 Å². The molecule has 0 aliphatic heterocycles. The Kier molecular flexibility index (Phi) is 11.4. The maximum absolute atomic E-state index is 13.7. The average molecular weight is 466 g/mol. The number of rotatable bonds is 11. The largest absolute Gasteiger partial charge is 0.468 e. The van der Waals surface area contributed by atoms with Gasteiger partial charge in [0.15, 0.2) is 5.16 Å². The summed E-state index contributed by atoms with van der Waals surface area (Å²) in [5, 5.41) is 1.72. The Labute approximate surface area is 183 Å². The molecular formula is C19H35N2O9P. The molecule has 11 nitrogen and oxygen atoms in total. The van der Waals surface area contributed by atoms with Crippen LogP contribution < -0.4 is 5.43 Å². The number of hydrogen-bond acceptors (Lipinski definition) is 10. The quantitative estimate of drug-likeness (QED) is 0.160. The molecule has 0 radical (unpaired) electrons. The Balaban J connectivity index is 6.52. The summed E-state index contributed by atoms with van der Waals surface area (Å²) in [4.78, 5) is 37.7. The van der Waals surface area contributed by atoms with Crippen LogP contribution in [0.15, 0.2) is 5.10 Å². The van der Waals surface area contributed by atoms with Gasteiger partial charge >= 0.3 is 25.6 Å². The van der Waals surface area contributed by atoms with E-state index >= 15 is 0 Å². The van der Waals surface area contributed by atoms with Gasteiger partial charge in [-0.3, -0.25) is 14.2 Å². The summed E-state index contributed by atoms with van der Waals surface area (Å²) < 4.78 is 39.5. The molecule has 180 valence electrons. The van der Waals surface area contributed by atoms with Gasteiger partial charge in [0.25, 0.3) is 0 Å². The number of esters is 2. The second kappa shape index (κ2) is 12.2. The smallest absolute Gasteiger partial charge is 0.428 e. The molecule has 0 aliphatic rings. The predicted octanol–water partition coefficient (Wildman–Crippen LogP) is 3.26. The minimum absolute atomic E-state index is 0.0487. The molecule has 0 heterocycles. The third-order valence-corrected chi connectivity index (χ3v) is 6.77. The monoisotopic (exact) mass is 466 g/mol. The Morgan fingerprint density at radius 2 is 1.52 bits per heavy atom. The van der Waals surface area contributed by atoms with Crippen LogP contribution >= 0.6 is 7.60 Å². The predicted molar refractivity (Wildman–Crippen MR) is 114 cm³/mol. The van der Waals surface area contributed by atoms with Crippen LogP contribution in [0.5, 0.6) is 0 Å². The van der Waals surface area contributed by atoms with Crippen LogP contribution in [0.25, 0.3) is 0 Å². The molecule has 0 fully saturated rings. The second-order valence-electron chi connectivity index (χ2n) is 7.52. The summed E-state index contributed by atoms with van der Waals surface area (Å²) in [5.41, 5.74) is 1.28. The SMILES string of the molecule is CCOC(=O)C(C)(C(C(=O)OC)/C(C)=N/NC(=O)OC(C)(C)C)P(=O)(OCC)OCC. The van der Waals surface area contributed by atoms with Gasteiger partial charge in [0.1, 0.15) is 11.5 Å². The van der Waals surface area contributed by atoms with Gasteiger partial charge < -0.3 is 23.3 Å². The van der Waals surface area contributed by atoms with Gasteiger partial charge in [0, 0.05) is 0 Å². The molecule has 31 heavy (non-hydrogen) atoms. The van der Waals surface area contributed by atoms with Gasteiger partial charge in [0.2, 0.25) is 0 Å². The fraction of sp³-hybridized carbons (Fsp3) is 0.789. The van der Waals surface area contributed by atoms with Crippen molar-refractivity contribution in [2.75, 3.05) is 26.9 Å². The third kappa shape index (κ3) is 7.59. The fourth-order valence-electron chi connectivity index (χ4n) is 2.73. The highest BCUT2D eigenvalue weighted by atomic mass is 31.2. The third-order valence-electron chi connectivity index (χ3n) is 3.99. The first-order chi connectivity index (χ1) is 14.2. The van der Waals surface area contributed by atoms with E-state index in [9.17, 15) is 18.9 Å². The number of methoxy groups -OCH3 is 1. The first-order valence-corrected chi connectivity index (χ1v) is 11.5. The Bertz CT molecular complexity index is 708. The number of carbonyl (C=O) groups excluding carboxylic acids is 3. The Morgan fingerprint density at radius 1 is 1.00 bits per heavy atom. The summed E-state index contributed by atoms with van der Waals surface area (Å²) >= 11 is 0. The molecular weight excluding hydrogens is 431 g/mol. The van der Waals surface area contributed by atoms with Crippen molar-refractivity contribution in [1.82, 2.24) is 5.43 Å². The number of hydrogen-bond donors (Lipinski definition) is 1. The number of hydrazone groups is 1. The van der Waals surface area contributed by atoms with Crippen molar-refractivity contribution >= 4 is 31.3 Å². The zero-order valence-corrected chi connectivity index (χ0v) is 20.7. The maximum Gasteiger partial charge on any atom is 0.428 e. The van der Waals surface area contributed by atoms with Crippen molar-refractivity contribution in [2.24, 2.45) is 11.0 Å². The molecule has 0 aliphatic carbocycles. The van der Waals surface area contributed by atoms with E-state index in [2.05, 4.69) is 10.5 Å². The van der Waals surface area contributed by atoms with Gasteiger partial charge in [-0.25, -0.2) is 10.2 Å². The van der Waals surface area contributed by atoms with E-state index < -0.39 is 42.3 Å². The van der Waals surface area contributed by atoms with Crippen molar-refractivity contribution < 1.29 is 42.2 Å². The normalized spacial score (nSPS) is 15.5. The molecule has 0 saturated carbocycles. The van der Waals surface area contributed by atoms with Crippen LogP contribution in [0.3, 0.4) is 0 Å². The average Bonchev–Trinajstić information content (AvgIpc) is 2.65. The van der Waals surface area contributed by atoms with Crippen molar-refractivity contribution in [2.45, 2.75) is 66.1 Å². The van der Waals surface area contributed by atoms with Crippen LogP contribution in [0.2, 0.25) is 0 Å². The fourth-order valence-corrected chi connectivity index (χ4v) is 4.92. The summed E-state index contributed by atoms with van der Waals surface area (Å²) in [5.74, 6) is -3.50. The minimum atomic E-state index is -4.29. The number of amides is 1. The van der Waals surface area contributed by atoms with Crippen molar-refractivity contribution in [1.29, 1.82) is 0 Å². The van der Waals surface area contributed by atoms with E-state index in [1.54, 1.807) is 41.5 Å². The molecule has 1 amide bonds. The van der Waals surface area contributed by atoms with Crippen LogP contribution in [0, 0.1) is 5.92 Å². The second-order valence-corrected chi connectivity index (χ2v) is 9.96. The summed E-state index contributed by atoms with van der Waals surface area (Å²) in [6.07, 6.45) is -0.883. The van der Waals surface area contributed by atoms with E-state index in [1.165, 1.54) is 13.8 Å².